The number of aromatic nitrogens is 3. The van der Waals surface area contributed by atoms with Gasteiger partial charge in [0.25, 0.3) is 0 Å². The van der Waals surface area contributed by atoms with Gasteiger partial charge in [0.15, 0.2) is 5.65 Å². The summed E-state index contributed by atoms with van der Waals surface area (Å²) in [7, 11) is 0. The first-order valence-electron chi connectivity index (χ1n) is 7.44. The molecule has 0 saturated heterocycles. The van der Waals surface area contributed by atoms with Crippen molar-refractivity contribution in [2.45, 2.75) is 26.3 Å². The van der Waals surface area contributed by atoms with Crippen molar-refractivity contribution in [3.63, 3.8) is 0 Å². The SMILES string of the molecule is CC(C)n1c(-c2ccc3c(c2)NCC3)nc2cccnc21. The fraction of sp³-hybridized carbons (Fsp3) is 0.294. The molecule has 3 heterocycles. The van der Waals surface area contributed by atoms with Gasteiger partial charge in [0.05, 0.1) is 0 Å². The molecule has 0 bridgehead atoms. The molecule has 0 atom stereocenters. The lowest BCUT2D eigenvalue weighted by Gasteiger charge is -2.13. The van der Waals surface area contributed by atoms with Gasteiger partial charge in [-0.15, -0.1) is 0 Å². The predicted molar refractivity (Wildman–Crippen MR) is 85.5 cm³/mol. The van der Waals surface area contributed by atoms with Crippen LogP contribution in [0.2, 0.25) is 0 Å². The van der Waals surface area contributed by atoms with Crippen LogP contribution < -0.4 is 5.32 Å². The summed E-state index contributed by atoms with van der Waals surface area (Å²) in [5.41, 5.74) is 5.69. The fourth-order valence-corrected chi connectivity index (χ4v) is 3.05. The number of nitrogens with zero attached hydrogens (tertiary/aromatic N) is 3. The second-order valence-corrected chi connectivity index (χ2v) is 5.79. The van der Waals surface area contributed by atoms with E-state index in [-0.39, 0.29) is 0 Å². The third kappa shape index (κ3) is 1.90. The summed E-state index contributed by atoms with van der Waals surface area (Å²) in [6.45, 7) is 5.37. The molecule has 0 radical (unpaired) electrons. The van der Waals surface area contributed by atoms with Crippen molar-refractivity contribution in [3.8, 4) is 11.4 Å². The molecule has 1 aliphatic heterocycles. The number of fused-ring (bicyclic) bond motifs is 2. The maximum absolute atomic E-state index is 4.80. The summed E-state index contributed by atoms with van der Waals surface area (Å²) in [4.78, 5) is 9.31. The second kappa shape index (κ2) is 4.58. The molecule has 0 spiro atoms. The van der Waals surface area contributed by atoms with Crippen LogP contribution >= 0.6 is 0 Å². The van der Waals surface area contributed by atoms with Crippen molar-refractivity contribution in [2.75, 3.05) is 11.9 Å². The van der Waals surface area contributed by atoms with E-state index >= 15 is 0 Å². The topological polar surface area (TPSA) is 42.7 Å². The van der Waals surface area contributed by atoms with Gasteiger partial charge in [0.1, 0.15) is 11.3 Å². The van der Waals surface area contributed by atoms with Gasteiger partial charge >= 0.3 is 0 Å². The quantitative estimate of drug-likeness (QED) is 0.778. The van der Waals surface area contributed by atoms with Crippen LogP contribution in [0.5, 0.6) is 0 Å². The highest BCUT2D eigenvalue weighted by Gasteiger charge is 2.18. The predicted octanol–water partition coefficient (Wildman–Crippen LogP) is 3.65. The molecule has 4 rings (SSSR count). The molecule has 4 nitrogen and oxygen atoms in total. The minimum absolute atomic E-state index is 0.320. The molecule has 2 aromatic heterocycles. The van der Waals surface area contributed by atoms with E-state index in [4.69, 9.17) is 4.98 Å². The van der Waals surface area contributed by atoms with E-state index in [1.807, 2.05) is 18.3 Å². The summed E-state index contributed by atoms with van der Waals surface area (Å²) >= 11 is 0. The van der Waals surface area contributed by atoms with E-state index in [0.29, 0.717) is 6.04 Å². The van der Waals surface area contributed by atoms with Crippen LogP contribution in [-0.4, -0.2) is 21.1 Å². The Morgan fingerprint density at radius 3 is 3.00 bits per heavy atom. The minimum Gasteiger partial charge on any atom is -0.384 e. The second-order valence-electron chi connectivity index (χ2n) is 5.79. The van der Waals surface area contributed by atoms with Gasteiger partial charge in [0.2, 0.25) is 0 Å². The number of hydrogen-bond donors (Lipinski definition) is 1. The van der Waals surface area contributed by atoms with Gasteiger partial charge in [-0.2, -0.15) is 0 Å². The van der Waals surface area contributed by atoms with Crippen LogP contribution in [0.3, 0.4) is 0 Å². The van der Waals surface area contributed by atoms with Gasteiger partial charge in [-0.3, -0.25) is 0 Å². The van der Waals surface area contributed by atoms with Crippen molar-refractivity contribution < 1.29 is 0 Å². The number of benzene rings is 1. The Labute approximate surface area is 123 Å². The van der Waals surface area contributed by atoms with Gasteiger partial charge in [-0.1, -0.05) is 12.1 Å². The first-order valence-corrected chi connectivity index (χ1v) is 7.44. The lowest BCUT2D eigenvalue weighted by Crippen LogP contribution is -2.04. The van der Waals surface area contributed by atoms with Gasteiger partial charge in [0, 0.05) is 30.0 Å². The van der Waals surface area contributed by atoms with E-state index < -0.39 is 0 Å². The molecule has 3 aromatic rings. The zero-order valence-corrected chi connectivity index (χ0v) is 12.3. The molecule has 0 aliphatic carbocycles. The molecule has 21 heavy (non-hydrogen) atoms. The molecule has 4 heteroatoms. The van der Waals surface area contributed by atoms with E-state index in [1.54, 1.807) is 0 Å². The monoisotopic (exact) mass is 278 g/mol. The lowest BCUT2D eigenvalue weighted by molar-refractivity contribution is 0.620. The third-order valence-electron chi connectivity index (χ3n) is 4.04. The highest BCUT2D eigenvalue weighted by atomic mass is 15.1. The highest BCUT2D eigenvalue weighted by molar-refractivity contribution is 5.78. The number of anilines is 1. The maximum Gasteiger partial charge on any atom is 0.160 e. The molecule has 1 N–H and O–H groups in total. The van der Waals surface area contributed by atoms with Gasteiger partial charge < -0.3 is 9.88 Å². The van der Waals surface area contributed by atoms with Crippen molar-refractivity contribution in [2.24, 2.45) is 0 Å². The average molecular weight is 278 g/mol. The number of hydrogen-bond acceptors (Lipinski definition) is 3. The number of rotatable bonds is 2. The fourth-order valence-electron chi connectivity index (χ4n) is 3.05. The molecule has 106 valence electrons. The third-order valence-corrected chi connectivity index (χ3v) is 4.04. The minimum atomic E-state index is 0.320. The zero-order chi connectivity index (χ0) is 14.4. The van der Waals surface area contributed by atoms with Crippen molar-refractivity contribution in [3.05, 3.63) is 42.1 Å². The Kier molecular flexibility index (Phi) is 2.70. The summed E-state index contributed by atoms with van der Waals surface area (Å²) in [6, 6.07) is 10.9. The number of pyridine rings is 1. The number of imidazole rings is 1. The molecular formula is C17H18N4. The van der Waals surface area contributed by atoms with E-state index in [2.05, 4.69) is 46.9 Å². The zero-order valence-electron chi connectivity index (χ0n) is 12.3. The smallest absolute Gasteiger partial charge is 0.160 e. The van der Waals surface area contributed by atoms with Crippen LogP contribution in [-0.2, 0) is 6.42 Å². The summed E-state index contributed by atoms with van der Waals surface area (Å²) in [6.07, 6.45) is 2.94. The average Bonchev–Trinajstić information content (AvgIpc) is 3.10. The molecule has 1 aliphatic rings. The van der Waals surface area contributed by atoms with Crippen LogP contribution in [0.4, 0.5) is 5.69 Å². The van der Waals surface area contributed by atoms with Gasteiger partial charge in [-0.05, 0) is 44.0 Å². The Balaban J connectivity index is 1.95. The largest absolute Gasteiger partial charge is 0.384 e. The first-order chi connectivity index (χ1) is 10.2. The Hall–Kier alpha value is -2.36. The molecule has 0 amide bonds. The highest BCUT2D eigenvalue weighted by Crippen LogP contribution is 2.31. The maximum atomic E-state index is 4.80. The first kappa shape index (κ1) is 12.4. The Bertz CT molecular complexity index is 817. The molecule has 0 fully saturated rings. The van der Waals surface area contributed by atoms with Crippen molar-refractivity contribution in [1.82, 2.24) is 14.5 Å². The van der Waals surface area contributed by atoms with E-state index in [9.17, 15) is 0 Å². The Morgan fingerprint density at radius 1 is 1.24 bits per heavy atom. The standard InChI is InChI=1S/C17H18N4/c1-11(2)21-16(20-14-4-3-8-19-17(14)21)13-6-5-12-7-9-18-15(12)10-13/h3-6,8,10-11,18H,7,9H2,1-2H3. The van der Waals surface area contributed by atoms with Gasteiger partial charge in [-0.25, -0.2) is 9.97 Å². The number of nitrogens with one attached hydrogen (secondary N) is 1. The molecule has 1 aromatic carbocycles. The normalized spacial score (nSPS) is 13.7. The molecule has 0 unspecified atom stereocenters. The summed E-state index contributed by atoms with van der Waals surface area (Å²) in [5, 5.41) is 3.44. The molecule has 0 saturated carbocycles. The van der Waals surface area contributed by atoms with E-state index in [1.165, 1.54) is 11.3 Å². The van der Waals surface area contributed by atoms with Crippen molar-refractivity contribution >= 4 is 16.9 Å². The van der Waals surface area contributed by atoms with Crippen molar-refractivity contribution in [1.29, 1.82) is 0 Å². The summed E-state index contributed by atoms with van der Waals surface area (Å²) in [5.74, 6) is 0.996. The van der Waals surface area contributed by atoms with Crippen LogP contribution in [0.15, 0.2) is 36.5 Å². The van der Waals surface area contributed by atoms with Crippen LogP contribution in [0, 0.1) is 0 Å². The van der Waals surface area contributed by atoms with E-state index in [0.717, 1.165) is 35.5 Å². The van der Waals surface area contributed by atoms with Crippen LogP contribution in [0.1, 0.15) is 25.5 Å². The molecular weight excluding hydrogens is 260 g/mol. The summed E-state index contributed by atoms with van der Waals surface area (Å²) < 4.78 is 2.21. The van der Waals surface area contributed by atoms with Crippen LogP contribution in [0.25, 0.3) is 22.6 Å². The Morgan fingerprint density at radius 2 is 2.14 bits per heavy atom. The lowest BCUT2D eigenvalue weighted by atomic mass is 10.1.